The molecule has 2 aromatic rings. The summed E-state index contributed by atoms with van der Waals surface area (Å²) in [5, 5.41) is 11.5. The van der Waals surface area contributed by atoms with Crippen LogP contribution in [0, 0.1) is 0 Å². The molecular weight excluding hydrogens is 392 g/mol. The van der Waals surface area contributed by atoms with Crippen molar-refractivity contribution in [1.82, 2.24) is 4.90 Å². The number of carboxylic acids is 1. The summed E-state index contributed by atoms with van der Waals surface area (Å²) < 4.78 is 11.2. The lowest BCUT2D eigenvalue weighted by Gasteiger charge is -2.12. The van der Waals surface area contributed by atoms with Crippen molar-refractivity contribution in [2.45, 2.75) is 6.61 Å². The Morgan fingerprint density at radius 2 is 1.93 bits per heavy atom. The van der Waals surface area contributed by atoms with Crippen LogP contribution in [-0.2, 0) is 11.4 Å². The van der Waals surface area contributed by atoms with Gasteiger partial charge in [-0.3, -0.25) is 14.7 Å². The van der Waals surface area contributed by atoms with Gasteiger partial charge >= 0.3 is 0 Å². The monoisotopic (exact) mass is 411 g/mol. The largest absolute Gasteiger partial charge is 0.545 e. The minimum atomic E-state index is -1.22. The number of benzene rings is 2. The highest BCUT2D eigenvalue weighted by Crippen LogP contribution is 2.34. The van der Waals surface area contributed by atoms with Crippen molar-refractivity contribution in [2.75, 3.05) is 21.2 Å². The Bertz CT molecular complexity index is 999. The molecule has 0 atom stereocenters. The van der Waals surface area contributed by atoms with E-state index in [2.05, 4.69) is 4.99 Å². The van der Waals surface area contributed by atoms with E-state index < -0.39 is 5.97 Å². The Hall–Kier alpha value is -3.26. The van der Waals surface area contributed by atoms with E-state index in [1.165, 1.54) is 28.8 Å². The Balaban J connectivity index is 1.74. The molecule has 2 aromatic carbocycles. The fourth-order valence-electron chi connectivity index (χ4n) is 2.69. The molecule has 29 heavy (non-hydrogen) atoms. The van der Waals surface area contributed by atoms with Crippen molar-refractivity contribution in [3.63, 3.8) is 0 Å². The van der Waals surface area contributed by atoms with Crippen LogP contribution < -0.4 is 14.6 Å². The van der Waals surface area contributed by atoms with Gasteiger partial charge in [-0.1, -0.05) is 30.3 Å². The number of amidine groups is 1. The van der Waals surface area contributed by atoms with Gasteiger partial charge in [0, 0.05) is 14.1 Å². The lowest BCUT2D eigenvalue weighted by molar-refractivity contribution is -0.255. The maximum atomic E-state index is 12.3. The van der Waals surface area contributed by atoms with Gasteiger partial charge in [-0.25, -0.2) is 0 Å². The third-order valence-corrected chi connectivity index (χ3v) is 5.42. The average molecular weight is 411 g/mol. The number of carbonyl (C=O) groups is 2. The van der Waals surface area contributed by atoms with Gasteiger partial charge in [0.25, 0.3) is 5.91 Å². The highest BCUT2D eigenvalue weighted by molar-refractivity contribution is 8.18. The van der Waals surface area contributed by atoms with Crippen molar-refractivity contribution in [2.24, 2.45) is 4.99 Å². The van der Waals surface area contributed by atoms with E-state index in [1.807, 2.05) is 6.07 Å². The smallest absolute Gasteiger partial charge is 0.266 e. The molecule has 0 unspecified atom stereocenters. The second kappa shape index (κ2) is 8.83. The van der Waals surface area contributed by atoms with Crippen LogP contribution in [0.3, 0.4) is 0 Å². The number of ether oxygens (including phenoxy) is 2. The molecule has 0 spiro atoms. The first-order valence-electron chi connectivity index (χ1n) is 8.68. The van der Waals surface area contributed by atoms with Crippen molar-refractivity contribution in [3.8, 4) is 11.5 Å². The van der Waals surface area contributed by atoms with Crippen molar-refractivity contribution < 1.29 is 24.2 Å². The first kappa shape index (κ1) is 20.5. The Kier molecular flexibility index (Phi) is 6.23. The predicted octanol–water partition coefficient (Wildman–Crippen LogP) is 2.17. The summed E-state index contributed by atoms with van der Waals surface area (Å²) >= 11 is 1.32. The van der Waals surface area contributed by atoms with Gasteiger partial charge in [-0.15, -0.1) is 0 Å². The zero-order valence-electron chi connectivity index (χ0n) is 16.2. The standard InChI is InChI=1S/C21H20N2O5S/c1-22-21-23(2)19(24)18(29-21)11-14-6-9-16(17(10-14)27-3)28-12-13-4-7-15(8-5-13)20(25)26/h4-11H,12H2,1-3H3,(H,25,26)/p-1/b18-11+,22-21?. The number of aliphatic imine (C=N–C) groups is 1. The lowest BCUT2D eigenvalue weighted by atomic mass is 10.1. The quantitative estimate of drug-likeness (QED) is 0.677. The van der Waals surface area contributed by atoms with Gasteiger partial charge in [0.15, 0.2) is 16.7 Å². The number of hydrogen-bond donors (Lipinski definition) is 0. The number of thioether (sulfide) groups is 1. The number of hydrogen-bond acceptors (Lipinski definition) is 7. The van der Waals surface area contributed by atoms with Crippen molar-refractivity contribution >= 4 is 34.9 Å². The van der Waals surface area contributed by atoms with E-state index in [0.29, 0.717) is 21.6 Å². The number of carboxylic acid groups (broad SMARTS) is 1. The van der Waals surface area contributed by atoms with E-state index in [1.54, 1.807) is 51.5 Å². The SMILES string of the molecule is CN=C1S/C(=C/c2ccc(OCc3ccc(C(=O)[O-])cc3)c(OC)c2)C(=O)N1C. The highest BCUT2D eigenvalue weighted by Gasteiger charge is 2.29. The Morgan fingerprint density at radius 1 is 1.21 bits per heavy atom. The molecule has 0 bridgehead atoms. The molecule has 1 aliphatic heterocycles. The molecule has 150 valence electrons. The Labute approximate surface area is 172 Å². The number of nitrogens with zero attached hydrogens (tertiary/aromatic N) is 2. The fraction of sp³-hybridized carbons (Fsp3) is 0.190. The summed E-state index contributed by atoms with van der Waals surface area (Å²) in [6.07, 6.45) is 1.78. The minimum absolute atomic E-state index is 0.102. The van der Waals surface area contributed by atoms with Crippen molar-refractivity contribution in [1.29, 1.82) is 0 Å². The summed E-state index contributed by atoms with van der Waals surface area (Å²) in [7, 11) is 4.88. The van der Waals surface area contributed by atoms with Gasteiger partial charge in [-0.2, -0.15) is 0 Å². The first-order valence-corrected chi connectivity index (χ1v) is 9.50. The predicted molar refractivity (Wildman–Crippen MR) is 110 cm³/mol. The summed E-state index contributed by atoms with van der Waals surface area (Å²) in [5.74, 6) is -0.253. The van der Waals surface area contributed by atoms with E-state index in [-0.39, 0.29) is 18.1 Å². The summed E-state index contributed by atoms with van der Waals surface area (Å²) in [6.45, 7) is 0.250. The number of amides is 1. The molecule has 1 aliphatic rings. The number of methoxy groups -OCH3 is 1. The molecule has 0 saturated carbocycles. The Morgan fingerprint density at radius 3 is 2.52 bits per heavy atom. The van der Waals surface area contributed by atoms with E-state index in [0.717, 1.165) is 11.1 Å². The summed E-state index contributed by atoms with van der Waals surface area (Å²) in [4.78, 5) is 29.3. The molecule has 8 heteroatoms. The van der Waals surface area contributed by atoms with Crippen LogP contribution in [0.5, 0.6) is 11.5 Å². The van der Waals surface area contributed by atoms with Crippen LogP contribution >= 0.6 is 11.8 Å². The number of likely N-dealkylation sites (N-methyl/N-ethyl adjacent to an activating group) is 1. The van der Waals surface area contributed by atoms with Crippen LogP contribution in [0.1, 0.15) is 21.5 Å². The van der Waals surface area contributed by atoms with Crippen molar-refractivity contribution in [3.05, 3.63) is 64.1 Å². The normalized spacial score (nSPS) is 16.5. The molecule has 7 nitrogen and oxygen atoms in total. The van der Waals surface area contributed by atoms with E-state index in [9.17, 15) is 14.7 Å². The molecule has 0 aliphatic carbocycles. The molecule has 1 saturated heterocycles. The fourth-order valence-corrected chi connectivity index (χ4v) is 3.62. The number of aromatic carboxylic acids is 1. The van der Waals surface area contributed by atoms with Gasteiger partial charge < -0.3 is 19.4 Å². The van der Waals surface area contributed by atoms with Crippen LogP contribution in [0.4, 0.5) is 0 Å². The highest BCUT2D eigenvalue weighted by atomic mass is 32.2. The minimum Gasteiger partial charge on any atom is -0.545 e. The van der Waals surface area contributed by atoms with Gasteiger partial charge in [-0.05, 0) is 46.7 Å². The molecule has 1 amide bonds. The van der Waals surface area contributed by atoms with Gasteiger partial charge in [0.1, 0.15) is 6.61 Å². The molecule has 0 aromatic heterocycles. The van der Waals surface area contributed by atoms with Crippen LogP contribution in [0.25, 0.3) is 6.08 Å². The maximum absolute atomic E-state index is 12.3. The molecule has 0 radical (unpaired) electrons. The zero-order chi connectivity index (χ0) is 21.0. The molecule has 3 rings (SSSR count). The van der Waals surface area contributed by atoms with Crippen LogP contribution in [-0.4, -0.2) is 43.1 Å². The van der Waals surface area contributed by atoms with E-state index >= 15 is 0 Å². The molecule has 1 heterocycles. The second-order valence-corrected chi connectivity index (χ2v) is 7.17. The summed E-state index contributed by atoms with van der Waals surface area (Å²) in [6, 6.07) is 11.7. The number of carbonyl (C=O) groups excluding carboxylic acids is 2. The summed E-state index contributed by atoms with van der Waals surface area (Å²) in [5.41, 5.74) is 1.73. The third kappa shape index (κ3) is 4.60. The number of rotatable bonds is 6. The lowest BCUT2D eigenvalue weighted by Crippen LogP contribution is -2.23. The first-order chi connectivity index (χ1) is 13.9. The van der Waals surface area contributed by atoms with E-state index in [4.69, 9.17) is 9.47 Å². The molecular formula is C21H19N2O5S-. The molecule has 1 fully saturated rings. The van der Waals surface area contributed by atoms with Gasteiger partial charge in [0.2, 0.25) is 0 Å². The van der Waals surface area contributed by atoms with Gasteiger partial charge in [0.05, 0.1) is 18.0 Å². The second-order valence-electron chi connectivity index (χ2n) is 6.16. The molecule has 0 N–H and O–H groups in total. The third-order valence-electron chi connectivity index (χ3n) is 4.26. The maximum Gasteiger partial charge on any atom is 0.266 e. The average Bonchev–Trinajstić information content (AvgIpc) is 3.00. The van der Waals surface area contributed by atoms with Crippen LogP contribution in [0.2, 0.25) is 0 Å². The zero-order valence-corrected chi connectivity index (χ0v) is 17.0. The topological polar surface area (TPSA) is 91.3 Å². The van der Waals surface area contributed by atoms with Crippen LogP contribution in [0.15, 0.2) is 52.4 Å².